The maximum atomic E-state index is 13.1. The molecular weight excluding hydrogens is 233 g/mol. The third-order valence-electron chi connectivity index (χ3n) is 3.42. The molecule has 3 nitrogen and oxygen atoms in total. The van der Waals surface area contributed by atoms with Crippen LogP contribution in [0.5, 0.6) is 0 Å². The smallest absolute Gasteiger partial charge is 0.254 e. The summed E-state index contributed by atoms with van der Waals surface area (Å²) in [5.74, 6) is -0.632. The van der Waals surface area contributed by atoms with E-state index in [1.807, 2.05) is 13.8 Å². The van der Waals surface area contributed by atoms with Gasteiger partial charge in [0.15, 0.2) is 0 Å². The first kappa shape index (κ1) is 13.0. The highest BCUT2D eigenvalue weighted by molar-refractivity contribution is 5.94. The molecule has 1 amide bonds. The highest BCUT2D eigenvalue weighted by Gasteiger charge is 2.38. The van der Waals surface area contributed by atoms with Gasteiger partial charge in [-0.3, -0.25) is 4.79 Å². The summed E-state index contributed by atoms with van der Waals surface area (Å²) >= 11 is 0. The van der Waals surface area contributed by atoms with Crippen LogP contribution >= 0.6 is 0 Å². The van der Waals surface area contributed by atoms with Crippen molar-refractivity contribution in [1.82, 2.24) is 4.90 Å². The Hall–Kier alpha value is -1.42. The molecule has 1 fully saturated rings. The molecule has 0 aromatic heterocycles. The molecule has 18 heavy (non-hydrogen) atoms. The van der Waals surface area contributed by atoms with E-state index in [9.17, 15) is 14.3 Å². The predicted molar refractivity (Wildman–Crippen MR) is 66.7 cm³/mol. The number of aliphatic hydroxyl groups is 1. The van der Waals surface area contributed by atoms with Gasteiger partial charge in [0.05, 0.1) is 12.1 Å². The molecule has 2 unspecified atom stereocenters. The van der Waals surface area contributed by atoms with Crippen LogP contribution in [0.4, 0.5) is 4.39 Å². The maximum Gasteiger partial charge on any atom is 0.254 e. The van der Waals surface area contributed by atoms with Gasteiger partial charge in [-0.25, -0.2) is 4.39 Å². The number of aliphatic hydroxyl groups excluding tert-OH is 1. The molecule has 98 valence electrons. The van der Waals surface area contributed by atoms with Gasteiger partial charge in [0.25, 0.3) is 5.91 Å². The Bertz CT molecular complexity index is 447. The van der Waals surface area contributed by atoms with Crippen molar-refractivity contribution in [2.75, 3.05) is 0 Å². The van der Waals surface area contributed by atoms with E-state index in [1.165, 1.54) is 18.2 Å². The third-order valence-corrected chi connectivity index (χ3v) is 3.42. The van der Waals surface area contributed by atoms with Crippen LogP contribution in [-0.4, -0.2) is 34.1 Å². The molecule has 0 aliphatic heterocycles. The predicted octanol–water partition coefficient (Wildman–Crippen LogP) is 2.20. The van der Waals surface area contributed by atoms with Crippen LogP contribution in [0.1, 0.15) is 37.0 Å². The zero-order chi connectivity index (χ0) is 13.3. The summed E-state index contributed by atoms with van der Waals surface area (Å²) in [6, 6.07) is 5.53. The van der Waals surface area contributed by atoms with Gasteiger partial charge in [-0.1, -0.05) is 6.07 Å². The Kier molecular flexibility index (Phi) is 3.66. The highest BCUT2D eigenvalue weighted by atomic mass is 19.1. The number of benzene rings is 1. The fourth-order valence-electron chi connectivity index (χ4n) is 2.33. The van der Waals surface area contributed by atoms with Crippen molar-refractivity contribution in [3.8, 4) is 0 Å². The number of rotatable bonds is 3. The Morgan fingerprint density at radius 3 is 2.61 bits per heavy atom. The molecule has 2 rings (SSSR count). The SMILES string of the molecule is CC(C)N(C(=O)c1cccc(F)c1)C1CCC1O. The van der Waals surface area contributed by atoms with Crippen LogP contribution in [0.25, 0.3) is 0 Å². The summed E-state index contributed by atoms with van der Waals surface area (Å²) in [6.45, 7) is 3.81. The van der Waals surface area contributed by atoms with Crippen molar-refractivity contribution < 1.29 is 14.3 Å². The van der Waals surface area contributed by atoms with Crippen molar-refractivity contribution in [3.63, 3.8) is 0 Å². The number of amides is 1. The van der Waals surface area contributed by atoms with Crippen molar-refractivity contribution in [3.05, 3.63) is 35.6 Å². The largest absolute Gasteiger partial charge is 0.391 e. The monoisotopic (exact) mass is 251 g/mol. The van der Waals surface area contributed by atoms with Crippen LogP contribution in [0.15, 0.2) is 24.3 Å². The third kappa shape index (κ3) is 2.38. The minimum absolute atomic E-state index is 0.0132. The number of hydrogen-bond donors (Lipinski definition) is 1. The number of nitrogens with zero attached hydrogens (tertiary/aromatic N) is 1. The van der Waals surface area contributed by atoms with E-state index >= 15 is 0 Å². The standard InChI is InChI=1S/C14H18FNO2/c1-9(2)16(12-6-7-13(12)17)14(18)10-4-3-5-11(15)8-10/h3-5,8-9,12-13,17H,6-7H2,1-2H3. The number of carbonyl (C=O) groups is 1. The van der Waals surface area contributed by atoms with E-state index in [0.29, 0.717) is 5.56 Å². The maximum absolute atomic E-state index is 13.1. The van der Waals surface area contributed by atoms with Crippen LogP contribution in [0.2, 0.25) is 0 Å². The molecule has 0 bridgehead atoms. The average molecular weight is 251 g/mol. The lowest BCUT2D eigenvalue weighted by molar-refractivity contribution is -0.0239. The Morgan fingerprint density at radius 2 is 2.17 bits per heavy atom. The molecule has 0 saturated heterocycles. The fraction of sp³-hybridized carbons (Fsp3) is 0.500. The highest BCUT2D eigenvalue weighted by Crippen LogP contribution is 2.28. The summed E-state index contributed by atoms with van der Waals surface area (Å²) in [5.41, 5.74) is 0.336. The minimum Gasteiger partial charge on any atom is -0.391 e. The van der Waals surface area contributed by atoms with Gasteiger partial charge >= 0.3 is 0 Å². The number of hydrogen-bond acceptors (Lipinski definition) is 2. The van der Waals surface area contributed by atoms with Crippen LogP contribution in [0, 0.1) is 5.82 Å². The second-order valence-electron chi connectivity index (χ2n) is 5.03. The molecule has 1 aromatic rings. The van der Waals surface area contributed by atoms with Crippen molar-refractivity contribution in [2.24, 2.45) is 0 Å². The molecular formula is C14H18FNO2. The second-order valence-corrected chi connectivity index (χ2v) is 5.03. The zero-order valence-corrected chi connectivity index (χ0v) is 10.6. The quantitative estimate of drug-likeness (QED) is 0.894. The van der Waals surface area contributed by atoms with Gasteiger partial charge in [0.2, 0.25) is 0 Å². The summed E-state index contributed by atoms with van der Waals surface area (Å²) in [5, 5.41) is 9.71. The van der Waals surface area contributed by atoms with Crippen LogP contribution in [-0.2, 0) is 0 Å². The van der Waals surface area contributed by atoms with E-state index in [1.54, 1.807) is 11.0 Å². The second kappa shape index (κ2) is 5.06. The first-order valence-corrected chi connectivity index (χ1v) is 6.27. The van der Waals surface area contributed by atoms with Crippen LogP contribution in [0.3, 0.4) is 0 Å². The van der Waals surface area contributed by atoms with Gasteiger partial charge in [-0.2, -0.15) is 0 Å². The van der Waals surface area contributed by atoms with Crippen molar-refractivity contribution in [2.45, 2.75) is 44.9 Å². The molecule has 0 radical (unpaired) electrons. The van der Waals surface area contributed by atoms with Crippen molar-refractivity contribution >= 4 is 5.91 Å². The average Bonchev–Trinajstić information content (AvgIpc) is 2.32. The molecule has 1 aromatic carbocycles. The van der Waals surface area contributed by atoms with E-state index in [4.69, 9.17) is 0 Å². The molecule has 0 heterocycles. The molecule has 2 atom stereocenters. The molecule has 1 N–H and O–H groups in total. The Balaban J connectivity index is 2.23. The van der Waals surface area contributed by atoms with Gasteiger partial charge in [0.1, 0.15) is 5.82 Å². The molecule has 1 aliphatic rings. The molecule has 4 heteroatoms. The molecule has 1 saturated carbocycles. The lowest BCUT2D eigenvalue weighted by Gasteiger charge is -2.43. The van der Waals surface area contributed by atoms with E-state index < -0.39 is 11.9 Å². The summed E-state index contributed by atoms with van der Waals surface area (Å²) in [4.78, 5) is 14.0. The minimum atomic E-state index is -0.454. The van der Waals surface area contributed by atoms with Gasteiger partial charge in [0, 0.05) is 11.6 Å². The topological polar surface area (TPSA) is 40.5 Å². The van der Waals surface area contributed by atoms with Crippen molar-refractivity contribution in [1.29, 1.82) is 0 Å². The summed E-state index contributed by atoms with van der Waals surface area (Å²) in [6.07, 6.45) is 1.08. The van der Waals surface area contributed by atoms with Gasteiger partial charge in [-0.15, -0.1) is 0 Å². The van der Waals surface area contributed by atoms with E-state index in [2.05, 4.69) is 0 Å². The Morgan fingerprint density at radius 1 is 1.44 bits per heavy atom. The zero-order valence-electron chi connectivity index (χ0n) is 10.6. The first-order chi connectivity index (χ1) is 8.50. The van der Waals surface area contributed by atoms with E-state index in [-0.39, 0.29) is 18.0 Å². The summed E-state index contributed by atoms with van der Waals surface area (Å²) in [7, 11) is 0. The van der Waals surface area contributed by atoms with Gasteiger partial charge in [-0.05, 0) is 44.9 Å². The normalized spacial score (nSPS) is 22.7. The number of carbonyl (C=O) groups excluding carboxylic acids is 1. The lowest BCUT2D eigenvalue weighted by Crippen LogP contribution is -2.55. The Labute approximate surface area is 106 Å². The fourth-order valence-corrected chi connectivity index (χ4v) is 2.33. The summed E-state index contributed by atoms with van der Waals surface area (Å²) < 4.78 is 13.1. The van der Waals surface area contributed by atoms with Crippen LogP contribution < -0.4 is 0 Å². The lowest BCUT2D eigenvalue weighted by atomic mass is 9.86. The first-order valence-electron chi connectivity index (χ1n) is 6.27. The van der Waals surface area contributed by atoms with Gasteiger partial charge < -0.3 is 10.0 Å². The molecule has 0 spiro atoms. The van der Waals surface area contributed by atoms with E-state index in [0.717, 1.165) is 12.8 Å². The number of halogens is 1. The molecule has 1 aliphatic carbocycles.